The number of fused-ring (bicyclic) bond motifs is 1. The van der Waals surface area contributed by atoms with Crippen molar-refractivity contribution in [1.82, 2.24) is 14.7 Å². The summed E-state index contributed by atoms with van der Waals surface area (Å²) >= 11 is 0. The van der Waals surface area contributed by atoms with E-state index >= 15 is 0 Å². The van der Waals surface area contributed by atoms with Crippen molar-refractivity contribution in [3.05, 3.63) is 0 Å². The van der Waals surface area contributed by atoms with Gasteiger partial charge in [0.15, 0.2) is 9.84 Å². The molecule has 10 heteroatoms. The van der Waals surface area contributed by atoms with Crippen molar-refractivity contribution < 1.29 is 27.9 Å². The lowest BCUT2D eigenvalue weighted by atomic mass is 9.96. The Morgan fingerprint density at radius 1 is 1.11 bits per heavy atom. The molecular formula is C18H27N3O6S. The third-order valence-corrected chi connectivity index (χ3v) is 9.70. The number of rotatable bonds is 3. The number of nitrogens with zero attached hydrogens (tertiary/aromatic N) is 3. The summed E-state index contributed by atoms with van der Waals surface area (Å²) in [5, 5.41) is 8.59. The first-order valence-electron chi connectivity index (χ1n) is 9.89. The predicted octanol–water partition coefficient (Wildman–Crippen LogP) is -0.905. The molecule has 0 aromatic rings. The first-order valence-corrected chi connectivity index (χ1v) is 11.4. The molecule has 156 valence electrons. The molecule has 4 fully saturated rings. The number of aliphatic hydroxyl groups is 1. The standard InChI is InChI=1S/C18H27N3O6S/c1-18(2)15(21-13(23)9-14(21)28(18,26)27)17(25)20-8-4-6-12(20)16(24)19-7-3-5-11(19)10-22/h11-12,14-15,22H,3-10H2,1-2H3. The fourth-order valence-corrected chi connectivity index (χ4v) is 7.31. The van der Waals surface area contributed by atoms with Crippen LogP contribution in [0.3, 0.4) is 0 Å². The maximum Gasteiger partial charge on any atom is 0.247 e. The van der Waals surface area contributed by atoms with Crippen molar-refractivity contribution in [2.75, 3.05) is 19.7 Å². The summed E-state index contributed by atoms with van der Waals surface area (Å²) in [6.07, 6.45) is 2.63. The van der Waals surface area contributed by atoms with Crippen molar-refractivity contribution in [3.8, 4) is 0 Å². The zero-order chi connectivity index (χ0) is 20.4. The highest BCUT2D eigenvalue weighted by Crippen LogP contribution is 2.46. The highest BCUT2D eigenvalue weighted by atomic mass is 32.2. The van der Waals surface area contributed by atoms with Crippen LogP contribution in [-0.2, 0) is 24.2 Å². The van der Waals surface area contributed by atoms with E-state index in [9.17, 15) is 27.9 Å². The molecule has 1 N–H and O–H groups in total. The molecule has 9 nitrogen and oxygen atoms in total. The zero-order valence-corrected chi connectivity index (χ0v) is 17.0. The van der Waals surface area contributed by atoms with Gasteiger partial charge in [-0.05, 0) is 39.5 Å². The SMILES string of the molecule is CC1(C)C(C(=O)N2CCCC2C(=O)N2CCCC2CO)N2C(=O)CC2S1(=O)=O. The second-order valence-corrected chi connectivity index (χ2v) is 11.4. The van der Waals surface area contributed by atoms with Crippen LogP contribution in [-0.4, -0.2) is 93.9 Å². The molecule has 28 heavy (non-hydrogen) atoms. The highest BCUT2D eigenvalue weighted by molar-refractivity contribution is 7.93. The first kappa shape index (κ1) is 19.6. The molecular weight excluding hydrogens is 386 g/mol. The summed E-state index contributed by atoms with van der Waals surface area (Å²) in [5.41, 5.74) is 0. The van der Waals surface area contributed by atoms with Crippen molar-refractivity contribution in [2.45, 2.75) is 74.2 Å². The van der Waals surface area contributed by atoms with Gasteiger partial charge in [0.05, 0.1) is 23.8 Å². The van der Waals surface area contributed by atoms with Gasteiger partial charge in [-0.1, -0.05) is 0 Å². The molecule has 0 spiro atoms. The minimum absolute atomic E-state index is 0.0795. The Morgan fingerprint density at radius 3 is 2.39 bits per heavy atom. The number of carbonyl (C=O) groups is 3. The van der Waals surface area contributed by atoms with Crippen LogP contribution in [0.1, 0.15) is 46.0 Å². The van der Waals surface area contributed by atoms with Crippen LogP contribution in [0.4, 0.5) is 0 Å². The number of aliphatic hydroxyl groups excluding tert-OH is 1. The van der Waals surface area contributed by atoms with Crippen LogP contribution in [0.5, 0.6) is 0 Å². The summed E-state index contributed by atoms with van der Waals surface area (Å²) in [6, 6.07) is -1.98. The Bertz CT molecular complexity index is 825. The van der Waals surface area contributed by atoms with Gasteiger partial charge in [-0.15, -0.1) is 0 Å². The molecule has 4 aliphatic rings. The Labute approximate surface area is 164 Å². The van der Waals surface area contributed by atoms with E-state index in [-0.39, 0.29) is 30.9 Å². The Hall–Kier alpha value is -1.68. The van der Waals surface area contributed by atoms with Crippen molar-refractivity contribution in [1.29, 1.82) is 0 Å². The third-order valence-electron chi connectivity index (χ3n) is 6.90. The number of hydrogen-bond donors (Lipinski definition) is 1. The third kappa shape index (κ3) is 2.46. The Morgan fingerprint density at radius 2 is 1.75 bits per heavy atom. The fraction of sp³-hybridized carbons (Fsp3) is 0.833. The number of amides is 3. The second kappa shape index (κ2) is 6.41. The maximum absolute atomic E-state index is 13.4. The van der Waals surface area contributed by atoms with Crippen LogP contribution in [0.25, 0.3) is 0 Å². The van der Waals surface area contributed by atoms with E-state index in [2.05, 4.69) is 0 Å². The van der Waals surface area contributed by atoms with Crippen molar-refractivity contribution in [3.63, 3.8) is 0 Å². The molecule has 4 rings (SSSR count). The van der Waals surface area contributed by atoms with Gasteiger partial charge in [-0.3, -0.25) is 14.4 Å². The molecule has 4 saturated heterocycles. The Balaban J connectivity index is 1.60. The maximum atomic E-state index is 13.4. The monoisotopic (exact) mass is 413 g/mol. The normalized spacial score (nSPS) is 35.8. The summed E-state index contributed by atoms with van der Waals surface area (Å²) in [4.78, 5) is 42.9. The topological polar surface area (TPSA) is 115 Å². The van der Waals surface area contributed by atoms with Gasteiger partial charge in [-0.2, -0.15) is 0 Å². The fourth-order valence-electron chi connectivity index (χ4n) is 5.18. The number of hydrogen-bond acceptors (Lipinski definition) is 6. The molecule has 0 radical (unpaired) electrons. The van der Waals surface area contributed by atoms with E-state index < -0.39 is 37.9 Å². The molecule has 0 saturated carbocycles. The summed E-state index contributed by atoms with van der Waals surface area (Å²) in [6.45, 7) is 3.80. The van der Waals surface area contributed by atoms with Gasteiger partial charge in [0.2, 0.25) is 17.7 Å². The van der Waals surface area contributed by atoms with E-state index in [0.717, 1.165) is 12.8 Å². The molecule has 0 aromatic heterocycles. The largest absolute Gasteiger partial charge is 0.394 e. The number of carbonyl (C=O) groups excluding carboxylic acids is 3. The number of likely N-dealkylation sites (tertiary alicyclic amines) is 2. The van der Waals surface area contributed by atoms with E-state index in [1.54, 1.807) is 4.90 Å². The average Bonchev–Trinajstić information content (AvgIpc) is 3.32. The first-order chi connectivity index (χ1) is 13.1. The van der Waals surface area contributed by atoms with Crippen LogP contribution >= 0.6 is 0 Å². The lowest BCUT2D eigenvalue weighted by Gasteiger charge is -2.39. The van der Waals surface area contributed by atoms with Crippen LogP contribution in [0.2, 0.25) is 0 Å². The molecule has 0 bridgehead atoms. The Kier molecular flexibility index (Phi) is 4.50. The van der Waals surface area contributed by atoms with Gasteiger partial charge in [-0.25, -0.2) is 8.42 Å². The van der Waals surface area contributed by atoms with Crippen molar-refractivity contribution in [2.24, 2.45) is 0 Å². The minimum Gasteiger partial charge on any atom is -0.394 e. The second-order valence-electron chi connectivity index (χ2n) is 8.71. The van der Waals surface area contributed by atoms with Crippen LogP contribution < -0.4 is 0 Å². The number of sulfone groups is 1. The van der Waals surface area contributed by atoms with Crippen molar-refractivity contribution >= 4 is 27.6 Å². The van der Waals surface area contributed by atoms with E-state index in [1.165, 1.54) is 23.6 Å². The molecule has 0 aliphatic carbocycles. The van der Waals surface area contributed by atoms with Gasteiger partial charge in [0.1, 0.15) is 17.5 Å². The van der Waals surface area contributed by atoms with Gasteiger partial charge < -0.3 is 19.8 Å². The summed E-state index contributed by atoms with van der Waals surface area (Å²) in [5.74, 6) is -0.980. The molecule has 4 atom stereocenters. The zero-order valence-electron chi connectivity index (χ0n) is 16.2. The van der Waals surface area contributed by atoms with E-state index in [0.29, 0.717) is 25.9 Å². The highest BCUT2D eigenvalue weighted by Gasteiger charge is 2.68. The predicted molar refractivity (Wildman–Crippen MR) is 98.6 cm³/mol. The van der Waals surface area contributed by atoms with Gasteiger partial charge >= 0.3 is 0 Å². The smallest absolute Gasteiger partial charge is 0.247 e. The van der Waals surface area contributed by atoms with E-state index in [1.807, 2.05) is 0 Å². The van der Waals surface area contributed by atoms with Gasteiger partial charge in [0, 0.05) is 13.1 Å². The van der Waals surface area contributed by atoms with Gasteiger partial charge in [0.25, 0.3) is 0 Å². The van der Waals surface area contributed by atoms with E-state index in [4.69, 9.17) is 0 Å². The molecule has 4 unspecified atom stereocenters. The summed E-state index contributed by atoms with van der Waals surface area (Å²) in [7, 11) is -3.66. The molecule has 4 heterocycles. The lowest BCUT2D eigenvalue weighted by molar-refractivity contribution is -0.156. The quantitative estimate of drug-likeness (QED) is 0.600. The minimum atomic E-state index is -3.66. The van der Waals surface area contributed by atoms with Crippen LogP contribution in [0, 0.1) is 0 Å². The molecule has 4 aliphatic heterocycles. The molecule has 0 aromatic carbocycles. The average molecular weight is 413 g/mol. The summed E-state index contributed by atoms with van der Waals surface area (Å²) < 4.78 is 24.2. The lowest BCUT2D eigenvalue weighted by Crippen LogP contribution is -2.61. The number of β-lactam (4-membered cyclic amide) rings is 1. The molecule has 3 amide bonds. The van der Waals surface area contributed by atoms with Crippen LogP contribution in [0.15, 0.2) is 0 Å².